The van der Waals surface area contributed by atoms with Crippen LogP contribution in [0, 0.1) is 23.7 Å². The first-order valence-corrected chi connectivity index (χ1v) is 6.80. The fourth-order valence-electron chi connectivity index (χ4n) is 3.34. The number of hydrogen-bond donors (Lipinski definition) is 0. The van der Waals surface area contributed by atoms with E-state index >= 15 is 0 Å². The third-order valence-electron chi connectivity index (χ3n) is 4.61. The van der Waals surface area contributed by atoms with Crippen LogP contribution in [-0.4, -0.2) is 47.8 Å². The zero-order chi connectivity index (χ0) is 12.9. The topological polar surface area (TPSA) is 40.6 Å². The number of amides is 2. The maximum atomic E-state index is 12.1. The predicted octanol–water partition coefficient (Wildman–Crippen LogP) is 0.745. The van der Waals surface area contributed by atoms with E-state index in [1.54, 1.807) is 6.08 Å². The van der Waals surface area contributed by atoms with Crippen LogP contribution in [0.15, 0.2) is 12.7 Å². The average Bonchev–Trinajstić information content (AvgIpc) is 2.81. The molecule has 4 nitrogen and oxygen atoms in total. The summed E-state index contributed by atoms with van der Waals surface area (Å²) in [6.07, 6.45) is 2.80. The minimum Gasteiger partial charge on any atom is -0.341 e. The van der Waals surface area contributed by atoms with Crippen LogP contribution in [0.5, 0.6) is 0 Å². The van der Waals surface area contributed by atoms with E-state index in [4.69, 9.17) is 0 Å². The van der Waals surface area contributed by atoms with Gasteiger partial charge in [-0.1, -0.05) is 13.0 Å². The number of fused-ring (bicyclic) bond motifs is 1. The Morgan fingerprint density at radius 3 is 2.72 bits per heavy atom. The van der Waals surface area contributed by atoms with Crippen molar-refractivity contribution in [3.05, 3.63) is 12.7 Å². The maximum absolute atomic E-state index is 12.1. The normalized spacial score (nSPS) is 37.9. The third-order valence-corrected chi connectivity index (χ3v) is 4.61. The Labute approximate surface area is 108 Å². The molecule has 0 aromatic heterocycles. The van der Waals surface area contributed by atoms with Gasteiger partial charge in [0.15, 0.2) is 0 Å². The molecule has 0 bridgehead atoms. The zero-order valence-electron chi connectivity index (χ0n) is 10.8. The van der Waals surface area contributed by atoms with Gasteiger partial charge in [-0.25, -0.2) is 0 Å². The number of nitrogens with zero attached hydrogens (tertiary/aromatic N) is 2. The van der Waals surface area contributed by atoms with Gasteiger partial charge in [0, 0.05) is 38.0 Å². The summed E-state index contributed by atoms with van der Waals surface area (Å²) in [5.74, 6) is 1.66. The highest BCUT2D eigenvalue weighted by atomic mass is 16.2. The van der Waals surface area contributed by atoms with Gasteiger partial charge in [-0.3, -0.25) is 9.59 Å². The fourth-order valence-corrected chi connectivity index (χ4v) is 3.34. The van der Waals surface area contributed by atoms with E-state index < -0.39 is 0 Å². The first-order valence-electron chi connectivity index (χ1n) is 6.80. The van der Waals surface area contributed by atoms with E-state index in [2.05, 4.69) is 13.5 Å². The monoisotopic (exact) mass is 248 g/mol. The molecule has 2 aliphatic heterocycles. The van der Waals surface area contributed by atoms with Crippen molar-refractivity contribution < 1.29 is 9.59 Å². The third kappa shape index (κ3) is 1.74. The van der Waals surface area contributed by atoms with Crippen LogP contribution in [0.3, 0.4) is 0 Å². The molecule has 2 amide bonds. The summed E-state index contributed by atoms with van der Waals surface area (Å²) in [5, 5.41) is 0. The predicted molar refractivity (Wildman–Crippen MR) is 67.6 cm³/mol. The molecule has 0 spiro atoms. The van der Waals surface area contributed by atoms with Gasteiger partial charge >= 0.3 is 0 Å². The summed E-state index contributed by atoms with van der Waals surface area (Å²) in [6, 6.07) is 0. The second kappa shape index (κ2) is 4.11. The van der Waals surface area contributed by atoms with Crippen molar-refractivity contribution in [1.29, 1.82) is 0 Å². The average molecular weight is 248 g/mol. The molecule has 2 saturated heterocycles. The Kier molecular flexibility index (Phi) is 2.68. The molecule has 2 heterocycles. The molecule has 1 saturated carbocycles. The molecule has 3 rings (SSSR count). The molecule has 0 aromatic carbocycles. The van der Waals surface area contributed by atoms with Gasteiger partial charge < -0.3 is 9.80 Å². The second-order valence-corrected chi connectivity index (χ2v) is 5.96. The molecule has 0 radical (unpaired) electrons. The zero-order valence-corrected chi connectivity index (χ0v) is 10.8. The number of carbonyl (C=O) groups is 2. The Morgan fingerprint density at radius 2 is 2.17 bits per heavy atom. The summed E-state index contributed by atoms with van der Waals surface area (Å²) in [7, 11) is 0. The van der Waals surface area contributed by atoms with E-state index in [0.29, 0.717) is 24.9 Å². The number of likely N-dealkylation sites (tertiary alicyclic amines) is 2. The van der Waals surface area contributed by atoms with Gasteiger partial charge in [0.25, 0.3) is 0 Å². The van der Waals surface area contributed by atoms with Crippen LogP contribution in [0.1, 0.15) is 13.3 Å². The quantitative estimate of drug-likeness (QED) is 0.691. The van der Waals surface area contributed by atoms with Crippen LogP contribution in [0.2, 0.25) is 0 Å². The molecule has 0 N–H and O–H groups in total. The van der Waals surface area contributed by atoms with Crippen LogP contribution < -0.4 is 0 Å². The minimum absolute atomic E-state index is 0.0444. The summed E-state index contributed by atoms with van der Waals surface area (Å²) >= 11 is 0. The standard InChI is InChI=1S/C14H20N2O2/c1-3-4-15-6-10-7-16(8-12(10)14(15)18)13(17)11-5-9(11)2/h3,9-12H,1,4-8H2,2H3/t9?,10-,11?,12+/m0/s1. The van der Waals surface area contributed by atoms with Crippen LogP contribution in [0.25, 0.3) is 0 Å². The Balaban J connectivity index is 1.62. The SMILES string of the molecule is C=CCN1C[C@H]2CN(C(=O)C3CC3C)C[C@H]2C1=O. The molecular weight excluding hydrogens is 228 g/mol. The van der Waals surface area contributed by atoms with Crippen molar-refractivity contribution in [2.75, 3.05) is 26.2 Å². The van der Waals surface area contributed by atoms with E-state index in [9.17, 15) is 9.59 Å². The first-order chi connectivity index (χ1) is 8.61. The lowest BCUT2D eigenvalue weighted by Gasteiger charge is -2.21. The molecule has 98 valence electrons. The summed E-state index contributed by atoms with van der Waals surface area (Å²) in [5.41, 5.74) is 0. The summed E-state index contributed by atoms with van der Waals surface area (Å²) in [4.78, 5) is 28.1. The molecule has 4 heteroatoms. The van der Waals surface area contributed by atoms with Crippen molar-refractivity contribution in [2.24, 2.45) is 23.7 Å². The van der Waals surface area contributed by atoms with E-state index in [0.717, 1.165) is 19.5 Å². The van der Waals surface area contributed by atoms with Gasteiger partial charge in [0.2, 0.25) is 11.8 Å². The summed E-state index contributed by atoms with van der Waals surface area (Å²) in [6.45, 7) is 8.64. The van der Waals surface area contributed by atoms with Crippen LogP contribution >= 0.6 is 0 Å². The lowest BCUT2D eigenvalue weighted by atomic mass is 10.0. The molecule has 3 fully saturated rings. The van der Waals surface area contributed by atoms with E-state index in [-0.39, 0.29) is 23.7 Å². The van der Waals surface area contributed by atoms with Crippen molar-refractivity contribution in [2.45, 2.75) is 13.3 Å². The van der Waals surface area contributed by atoms with Crippen molar-refractivity contribution in [1.82, 2.24) is 9.80 Å². The highest BCUT2D eigenvalue weighted by Gasteiger charge is 2.50. The summed E-state index contributed by atoms with van der Waals surface area (Å²) < 4.78 is 0. The molecular formula is C14H20N2O2. The van der Waals surface area contributed by atoms with E-state index in [1.807, 2.05) is 9.80 Å². The fraction of sp³-hybridized carbons (Fsp3) is 0.714. The van der Waals surface area contributed by atoms with Gasteiger partial charge in [-0.05, 0) is 12.3 Å². The lowest BCUT2D eigenvalue weighted by Crippen LogP contribution is -2.36. The van der Waals surface area contributed by atoms with Gasteiger partial charge in [-0.2, -0.15) is 0 Å². The molecule has 4 atom stereocenters. The maximum Gasteiger partial charge on any atom is 0.228 e. The molecule has 0 aromatic rings. The van der Waals surface area contributed by atoms with Gasteiger partial charge in [-0.15, -0.1) is 6.58 Å². The smallest absolute Gasteiger partial charge is 0.228 e. The molecule has 3 aliphatic rings. The Hall–Kier alpha value is -1.32. The molecule has 18 heavy (non-hydrogen) atoms. The number of rotatable bonds is 3. The lowest BCUT2D eigenvalue weighted by molar-refractivity contribution is -0.134. The van der Waals surface area contributed by atoms with Crippen LogP contribution in [-0.2, 0) is 9.59 Å². The second-order valence-electron chi connectivity index (χ2n) is 5.96. The van der Waals surface area contributed by atoms with Crippen molar-refractivity contribution in [3.63, 3.8) is 0 Å². The Bertz CT molecular complexity index is 407. The first kappa shape index (κ1) is 11.8. The molecule has 1 aliphatic carbocycles. The number of hydrogen-bond acceptors (Lipinski definition) is 2. The highest BCUT2D eigenvalue weighted by molar-refractivity contribution is 5.86. The largest absolute Gasteiger partial charge is 0.341 e. The highest BCUT2D eigenvalue weighted by Crippen LogP contribution is 2.41. The van der Waals surface area contributed by atoms with Crippen molar-refractivity contribution >= 4 is 11.8 Å². The number of carbonyl (C=O) groups excluding carboxylic acids is 2. The van der Waals surface area contributed by atoms with E-state index in [1.165, 1.54) is 0 Å². The van der Waals surface area contributed by atoms with Crippen molar-refractivity contribution in [3.8, 4) is 0 Å². The van der Waals surface area contributed by atoms with Gasteiger partial charge in [0.1, 0.15) is 0 Å². The van der Waals surface area contributed by atoms with Gasteiger partial charge in [0.05, 0.1) is 5.92 Å². The minimum atomic E-state index is 0.0444. The van der Waals surface area contributed by atoms with Crippen LogP contribution in [0.4, 0.5) is 0 Å². The molecule has 2 unspecified atom stereocenters. The Morgan fingerprint density at radius 1 is 1.44 bits per heavy atom.